The zero-order valence-corrected chi connectivity index (χ0v) is 16.0. The predicted molar refractivity (Wildman–Crippen MR) is 108 cm³/mol. The molecule has 1 N–H and O–H groups in total. The van der Waals surface area contributed by atoms with Gasteiger partial charge in [0.05, 0.1) is 23.9 Å². The smallest absolute Gasteiger partial charge is 0.343 e. The molecule has 0 radical (unpaired) electrons. The molecule has 0 aliphatic carbocycles. The van der Waals surface area contributed by atoms with Crippen molar-refractivity contribution in [3.63, 3.8) is 0 Å². The van der Waals surface area contributed by atoms with Crippen LogP contribution in [0.3, 0.4) is 0 Å². The Morgan fingerprint density at radius 3 is 2.60 bits per heavy atom. The van der Waals surface area contributed by atoms with E-state index >= 15 is 0 Å². The van der Waals surface area contributed by atoms with Crippen LogP contribution in [0.1, 0.15) is 33.2 Å². The molecule has 1 aromatic heterocycles. The number of carbonyl (C=O) groups is 2. The third kappa shape index (κ3) is 5.48. The lowest BCUT2D eigenvalue weighted by Crippen LogP contribution is -2.17. The van der Waals surface area contributed by atoms with Crippen molar-refractivity contribution in [3.8, 4) is 11.5 Å². The number of hydrogen-bond acceptors (Lipinski definition) is 6. The van der Waals surface area contributed by atoms with Gasteiger partial charge in [0, 0.05) is 12.4 Å². The van der Waals surface area contributed by atoms with Crippen molar-refractivity contribution in [1.82, 2.24) is 10.4 Å². The number of ether oxygens (including phenoxy) is 2. The molecule has 3 rings (SSSR count). The van der Waals surface area contributed by atoms with E-state index in [0.717, 1.165) is 0 Å². The second-order valence-corrected chi connectivity index (χ2v) is 5.98. The Bertz CT molecular complexity index is 1050. The Morgan fingerprint density at radius 1 is 1.10 bits per heavy atom. The highest BCUT2D eigenvalue weighted by molar-refractivity contribution is 5.94. The highest BCUT2D eigenvalue weighted by Gasteiger charge is 2.13. The predicted octanol–water partition coefficient (Wildman–Crippen LogP) is 3.60. The lowest BCUT2D eigenvalue weighted by atomic mass is 10.2. The summed E-state index contributed by atoms with van der Waals surface area (Å²) in [6.45, 7) is 2.14. The first-order valence-electron chi connectivity index (χ1n) is 9.05. The van der Waals surface area contributed by atoms with Crippen LogP contribution >= 0.6 is 0 Å². The summed E-state index contributed by atoms with van der Waals surface area (Å²) in [7, 11) is 0. The van der Waals surface area contributed by atoms with Gasteiger partial charge in [-0.05, 0) is 67.1 Å². The summed E-state index contributed by atoms with van der Waals surface area (Å²) in [6, 6.07) is 13.1. The molecule has 1 heterocycles. The van der Waals surface area contributed by atoms with Crippen molar-refractivity contribution in [2.75, 3.05) is 6.61 Å². The molecule has 0 aliphatic rings. The van der Waals surface area contributed by atoms with Crippen molar-refractivity contribution in [2.24, 2.45) is 5.10 Å². The first kappa shape index (κ1) is 20.7. The summed E-state index contributed by atoms with van der Waals surface area (Å²) < 4.78 is 23.9. The lowest BCUT2D eigenvalue weighted by Gasteiger charge is -2.11. The van der Waals surface area contributed by atoms with E-state index in [4.69, 9.17) is 9.47 Å². The molecule has 30 heavy (non-hydrogen) atoms. The van der Waals surface area contributed by atoms with Gasteiger partial charge in [0.2, 0.25) is 0 Å². The van der Waals surface area contributed by atoms with Gasteiger partial charge in [-0.1, -0.05) is 0 Å². The summed E-state index contributed by atoms with van der Waals surface area (Å²) in [5.41, 5.74) is 3.62. The topological polar surface area (TPSA) is 89.9 Å². The summed E-state index contributed by atoms with van der Waals surface area (Å²) in [4.78, 5) is 28.1. The van der Waals surface area contributed by atoms with Crippen molar-refractivity contribution < 1.29 is 23.5 Å². The first-order valence-corrected chi connectivity index (χ1v) is 9.05. The van der Waals surface area contributed by atoms with Crippen LogP contribution < -0.4 is 14.9 Å². The maximum absolute atomic E-state index is 13.0. The Hall–Kier alpha value is -4.07. The number of benzene rings is 2. The van der Waals surface area contributed by atoms with Crippen molar-refractivity contribution >= 4 is 18.1 Å². The molecule has 0 bridgehead atoms. The number of rotatable bonds is 7. The number of hydrazone groups is 1. The van der Waals surface area contributed by atoms with E-state index in [0.29, 0.717) is 23.5 Å². The Labute approximate surface area is 172 Å². The molecule has 152 valence electrons. The van der Waals surface area contributed by atoms with Gasteiger partial charge in [0.25, 0.3) is 5.91 Å². The van der Waals surface area contributed by atoms with E-state index < -0.39 is 17.7 Å². The number of carbonyl (C=O) groups excluding carboxylic acids is 2. The molecule has 0 saturated carbocycles. The summed E-state index contributed by atoms with van der Waals surface area (Å²) in [5, 5.41) is 3.91. The van der Waals surface area contributed by atoms with E-state index in [1.165, 1.54) is 36.7 Å². The lowest BCUT2D eigenvalue weighted by molar-refractivity contribution is 0.0728. The van der Waals surface area contributed by atoms with Crippen LogP contribution in [0.15, 0.2) is 72.1 Å². The molecule has 0 saturated heterocycles. The van der Waals surface area contributed by atoms with E-state index in [1.807, 2.05) is 0 Å². The number of nitrogens with one attached hydrogen (secondary N) is 1. The minimum atomic E-state index is -0.638. The number of pyridine rings is 1. The van der Waals surface area contributed by atoms with Gasteiger partial charge >= 0.3 is 5.97 Å². The number of nitrogens with zero attached hydrogens (tertiary/aromatic N) is 2. The molecule has 3 aromatic rings. The van der Waals surface area contributed by atoms with E-state index in [-0.39, 0.29) is 11.3 Å². The molecule has 7 nitrogen and oxygen atoms in total. The quantitative estimate of drug-likeness (QED) is 0.280. The summed E-state index contributed by atoms with van der Waals surface area (Å²) in [6.07, 6.45) is 4.43. The minimum absolute atomic E-state index is 0.211. The van der Waals surface area contributed by atoms with Gasteiger partial charge in [0.1, 0.15) is 5.82 Å². The third-order valence-electron chi connectivity index (χ3n) is 3.85. The van der Waals surface area contributed by atoms with Crippen molar-refractivity contribution in [1.29, 1.82) is 0 Å². The largest absolute Gasteiger partial charge is 0.490 e. The second-order valence-electron chi connectivity index (χ2n) is 5.98. The normalized spacial score (nSPS) is 10.6. The molecule has 1 amide bonds. The monoisotopic (exact) mass is 407 g/mol. The number of aromatic nitrogens is 1. The molecule has 0 spiro atoms. The standard InChI is InChI=1S/C22H18FN3O4/c1-2-29-20-12-15(13-25-26-21(27)17-4-3-11-24-14-17)5-10-19(20)30-22(28)16-6-8-18(23)9-7-16/h3-14H,2H2,1H3,(H,26,27). The van der Waals surface area contributed by atoms with Crippen LogP contribution in [0.4, 0.5) is 4.39 Å². The number of hydrogen-bond donors (Lipinski definition) is 1. The molecular weight excluding hydrogens is 389 g/mol. The zero-order valence-electron chi connectivity index (χ0n) is 16.0. The Balaban J connectivity index is 1.70. The molecule has 2 aromatic carbocycles. The maximum Gasteiger partial charge on any atom is 0.343 e. The Kier molecular flexibility index (Phi) is 6.83. The number of amides is 1. The third-order valence-corrected chi connectivity index (χ3v) is 3.85. The van der Waals surface area contributed by atoms with Gasteiger partial charge in [-0.2, -0.15) is 5.10 Å². The number of esters is 1. The van der Waals surface area contributed by atoms with Crippen LogP contribution in [0.2, 0.25) is 0 Å². The number of halogens is 1. The van der Waals surface area contributed by atoms with Crippen molar-refractivity contribution in [2.45, 2.75) is 6.92 Å². The fourth-order valence-corrected chi connectivity index (χ4v) is 2.43. The zero-order chi connectivity index (χ0) is 21.3. The van der Waals surface area contributed by atoms with Crippen LogP contribution in [0.5, 0.6) is 11.5 Å². The Morgan fingerprint density at radius 2 is 1.90 bits per heavy atom. The van der Waals surface area contributed by atoms with Gasteiger partial charge in [-0.3, -0.25) is 9.78 Å². The van der Waals surface area contributed by atoms with Crippen molar-refractivity contribution in [3.05, 3.63) is 89.5 Å². The average Bonchev–Trinajstić information content (AvgIpc) is 2.76. The van der Waals surface area contributed by atoms with E-state index in [9.17, 15) is 14.0 Å². The van der Waals surface area contributed by atoms with Gasteiger partial charge in [-0.15, -0.1) is 0 Å². The highest BCUT2D eigenvalue weighted by Crippen LogP contribution is 2.29. The first-order chi connectivity index (χ1) is 14.6. The minimum Gasteiger partial charge on any atom is -0.490 e. The molecule has 0 fully saturated rings. The fraction of sp³-hybridized carbons (Fsp3) is 0.0909. The maximum atomic E-state index is 13.0. The SMILES string of the molecule is CCOc1cc(C=NNC(=O)c2cccnc2)ccc1OC(=O)c1ccc(F)cc1. The van der Waals surface area contributed by atoms with Gasteiger partial charge in [-0.25, -0.2) is 14.6 Å². The van der Waals surface area contributed by atoms with Crippen LogP contribution in [0, 0.1) is 5.82 Å². The molecule has 0 atom stereocenters. The summed E-state index contributed by atoms with van der Waals surface area (Å²) in [5.74, 6) is -0.936. The second kappa shape index (κ2) is 9.92. The summed E-state index contributed by atoms with van der Waals surface area (Å²) >= 11 is 0. The van der Waals surface area contributed by atoms with Crippen LogP contribution in [0.25, 0.3) is 0 Å². The molecule has 0 aliphatic heterocycles. The highest BCUT2D eigenvalue weighted by atomic mass is 19.1. The molecule has 0 unspecified atom stereocenters. The van der Waals surface area contributed by atoms with Crippen LogP contribution in [-0.2, 0) is 0 Å². The van der Waals surface area contributed by atoms with E-state index in [2.05, 4.69) is 15.5 Å². The van der Waals surface area contributed by atoms with Crippen LogP contribution in [-0.4, -0.2) is 29.7 Å². The molecule has 8 heteroatoms. The fourth-order valence-electron chi connectivity index (χ4n) is 2.43. The average molecular weight is 407 g/mol. The van der Waals surface area contributed by atoms with Gasteiger partial charge < -0.3 is 9.47 Å². The van der Waals surface area contributed by atoms with Gasteiger partial charge in [0.15, 0.2) is 11.5 Å². The molecular formula is C22H18FN3O4. The van der Waals surface area contributed by atoms with E-state index in [1.54, 1.807) is 43.5 Å².